The molecule has 4 rings (SSSR count). The minimum absolute atomic E-state index is 0.623. The van der Waals surface area contributed by atoms with E-state index in [0.29, 0.717) is 39.5 Å². The molecule has 0 fully saturated rings. The molecule has 0 saturated heterocycles. The van der Waals surface area contributed by atoms with Crippen LogP contribution in [0.3, 0.4) is 0 Å². The lowest BCUT2D eigenvalue weighted by Crippen LogP contribution is -2.22. The molecule has 3 heterocycles. The van der Waals surface area contributed by atoms with Crippen molar-refractivity contribution >= 4 is 21.8 Å². The number of fused-ring (bicyclic) bond motifs is 2. The Bertz CT molecular complexity index is 811. The fraction of sp³-hybridized carbons (Fsp3) is 0.400. The van der Waals surface area contributed by atoms with Crippen molar-refractivity contribution in [2.45, 2.75) is 13.1 Å². The summed E-state index contributed by atoms with van der Waals surface area (Å²) in [6.07, 6.45) is 0. The van der Waals surface area contributed by atoms with Gasteiger partial charge in [-0.05, 0) is 12.1 Å². The molecule has 1 aromatic carbocycles. The molecule has 26 heavy (non-hydrogen) atoms. The minimum Gasteiger partial charge on any atom is -0.378 e. The Kier molecular flexibility index (Phi) is 5.66. The van der Waals surface area contributed by atoms with E-state index in [2.05, 4.69) is 47.0 Å². The molecule has 0 aliphatic carbocycles. The molecule has 136 valence electrons. The Hall–Kier alpha value is -2.12. The van der Waals surface area contributed by atoms with Gasteiger partial charge in [0.25, 0.3) is 0 Å². The van der Waals surface area contributed by atoms with Crippen molar-refractivity contribution < 1.29 is 9.47 Å². The molecule has 6 nitrogen and oxygen atoms in total. The molecule has 6 heteroatoms. The Labute approximate surface area is 152 Å². The predicted octanol–water partition coefficient (Wildman–Crippen LogP) is 2.01. The van der Waals surface area contributed by atoms with Crippen LogP contribution in [-0.2, 0) is 22.6 Å². The summed E-state index contributed by atoms with van der Waals surface area (Å²) < 4.78 is 11.1. The molecule has 4 bridgehead atoms. The van der Waals surface area contributed by atoms with Crippen molar-refractivity contribution in [3.63, 3.8) is 0 Å². The smallest absolute Gasteiger partial charge is 0.0968 e. The van der Waals surface area contributed by atoms with Gasteiger partial charge in [0.2, 0.25) is 0 Å². The third kappa shape index (κ3) is 4.16. The van der Waals surface area contributed by atoms with Crippen LogP contribution < -0.4 is 10.6 Å². The van der Waals surface area contributed by atoms with Crippen molar-refractivity contribution in [2.24, 2.45) is 0 Å². The van der Waals surface area contributed by atoms with Gasteiger partial charge < -0.3 is 20.1 Å². The highest BCUT2D eigenvalue weighted by Crippen LogP contribution is 2.23. The van der Waals surface area contributed by atoms with Crippen LogP contribution in [0.1, 0.15) is 11.4 Å². The number of aromatic nitrogens is 2. The number of nitrogens with zero attached hydrogens (tertiary/aromatic N) is 2. The molecule has 0 unspecified atom stereocenters. The van der Waals surface area contributed by atoms with Crippen LogP contribution in [0.15, 0.2) is 36.4 Å². The van der Waals surface area contributed by atoms with Crippen molar-refractivity contribution in [1.82, 2.24) is 20.6 Å². The number of ether oxygens (including phenoxy) is 2. The van der Waals surface area contributed by atoms with Crippen LogP contribution in [0.25, 0.3) is 21.8 Å². The lowest BCUT2D eigenvalue weighted by Gasteiger charge is -2.10. The van der Waals surface area contributed by atoms with Gasteiger partial charge in [0.1, 0.15) is 0 Å². The van der Waals surface area contributed by atoms with Crippen LogP contribution in [0.2, 0.25) is 0 Å². The molecule has 1 aliphatic rings. The lowest BCUT2D eigenvalue weighted by atomic mass is 10.1. The van der Waals surface area contributed by atoms with Gasteiger partial charge in [0.05, 0.1) is 48.8 Å². The number of hydrogen-bond donors (Lipinski definition) is 2. The number of hydrogen-bond acceptors (Lipinski definition) is 6. The highest BCUT2D eigenvalue weighted by atomic mass is 16.5. The summed E-state index contributed by atoms with van der Waals surface area (Å²) in [5, 5.41) is 8.99. The first-order chi connectivity index (χ1) is 12.9. The molecule has 0 atom stereocenters. The predicted molar refractivity (Wildman–Crippen MR) is 102 cm³/mol. The van der Waals surface area contributed by atoms with Crippen molar-refractivity contribution in [2.75, 3.05) is 39.5 Å². The lowest BCUT2D eigenvalue weighted by molar-refractivity contribution is 0.0497. The third-order valence-corrected chi connectivity index (χ3v) is 4.47. The highest BCUT2D eigenvalue weighted by molar-refractivity contribution is 6.02. The molecule has 3 aromatic rings. The summed E-state index contributed by atoms with van der Waals surface area (Å²) in [6, 6.07) is 12.6. The molecular weight excluding hydrogens is 328 g/mol. The van der Waals surface area contributed by atoms with Crippen molar-refractivity contribution in [3.8, 4) is 0 Å². The van der Waals surface area contributed by atoms with Crippen molar-refractivity contribution in [3.05, 3.63) is 47.8 Å². The van der Waals surface area contributed by atoms with Gasteiger partial charge in [-0.1, -0.05) is 24.3 Å². The molecule has 0 spiro atoms. The SMILES string of the molecule is c1cc2ccc3ccc4nc3c2nc1CNCCOCCOCCNC4. The average Bonchev–Trinajstić information content (AvgIpc) is 2.68. The largest absolute Gasteiger partial charge is 0.378 e. The molecule has 0 amide bonds. The Balaban J connectivity index is 1.66. The average molecular weight is 352 g/mol. The Morgan fingerprint density at radius 3 is 1.58 bits per heavy atom. The molecule has 2 aromatic heterocycles. The van der Waals surface area contributed by atoms with E-state index >= 15 is 0 Å². The summed E-state index contributed by atoms with van der Waals surface area (Å²) in [5.74, 6) is 0. The van der Waals surface area contributed by atoms with E-state index in [1.54, 1.807) is 0 Å². The molecule has 2 N–H and O–H groups in total. The second-order valence-corrected chi connectivity index (χ2v) is 6.39. The number of benzene rings is 1. The van der Waals surface area contributed by atoms with E-state index in [-0.39, 0.29) is 0 Å². The van der Waals surface area contributed by atoms with Crippen LogP contribution in [0, 0.1) is 0 Å². The first kappa shape index (κ1) is 17.3. The summed E-state index contributed by atoms with van der Waals surface area (Å²) in [7, 11) is 0. The standard InChI is InChI=1S/C20H24N4O2/c1-2-16-4-6-18-14-22-8-10-26-12-11-25-9-7-21-13-17-5-3-15(1)19(23-17)20(16)24-18/h1-6,21-22H,7-14H2. The van der Waals surface area contributed by atoms with Crippen molar-refractivity contribution in [1.29, 1.82) is 0 Å². The van der Waals surface area contributed by atoms with Gasteiger partial charge in [0, 0.05) is 37.0 Å². The van der Waals surface area contributed by atoms with E-state index in [0.717, 1.165) is 46.3 Å². The first-order valence-corrected chi connectivity index (χ1v) is 9.15. The fourth-order valence-electron chi connectivity index (χ4n) is 3.09. The molecular formula is C20H24N4O2. The molecule has 1 aliphatic heterocycles. The zero-order valence-corrected chi connectivity index (χ0v) is 14.8. The van der Waals surface area contributed by atoms with E-state index in [1.807, 2.05) is 0 Å². The van der Waals surface area contributed by atoms with E-state index in [1.165, 1.54) is 0 Å². The van der Waals surface area contributed by atoms with E-state index in [9.17, 15) is 0 Å². The topological polar surface area (TPSA) is 68.3 Å². The Morgan fingerprint density at radius 1 is 0.615 bits per heavy atom. The minimum atomic E-state index is 0.623. The summed E-state index contributed by atoms with van der Waals surface area (Å²) in [4.78, 5) is 9.73. The molecule has 0 radical (unpaired) electrons. The second kappa shape index (κ2) is 8.51. The highest BCUT2D eigenvalue weighted by Gasteiger charge is 2.07. The number of pyridine rings is 2. The normalized spacial score (nSPS) is 17.7. The zero-order valence-electron chi connectivity index (χ0n) is 14.8. The molecule has 0 saturated carbocycles. The summed E-state index contributed by atoms with van der Waals surface area (Å²) in [6.45, 7) is 5.60. The maximum Gasteiger partial charge on any atom is 0.0968 e. The van der Waals surface area contributed by atoms with Gasteiger partial charge in [-0.3, -0.25) is 0 Å². The summed E-state index contributed by atoms with van der Waals surface area (Å²) in [5.41, 5.74) is 3.95. The third-order valence-electron chi connectivity index (χ3n) is 4.47. The van der Waals surface area contributed by atoms with Gasteiger partial charge in [-0.25, -0.2) is 9.97 Å². The maximum absolute atomic E-state index is 5.56. The van der Waals surface area contributed by atoms with Crippen LogP contribution in [0.5, 0.6) is 0 Å². The monoisotopic (exact) mass is 352 g/mol. The first-order valence-electron chi connectivity index (χ1n) is 9.15. The number of rotatable bonds is 0. The maximum atomic E-state index is 5.56. The Morgan fingerprint density at radius 2 is 1.08 bits per heavy atom. The van der Waals surface area contributed by atoms with Gasteiger partial charge >= 0.3 is 0 Å². The second-order valence-electron chi connectivity index (χ2n) is 6.39. The number of nitrogens with one attached hydrogen (secondary N) is 2. The van der Waals surface area contributed by atoms with Gasteiger partial charge in [-0.2, -0.15) is 0 Å². The summed E-state index contributed by atoms with van der Waals surface area (Å²) >= 11 is 0. The van der Waals surface area contributed by atoms with Crippen LogP contribution in [0.4, 0.5) is 0 Å². The van der Waals surface area contributed by atoms with Gasteiger partial charge in [0.15, 0.2) is 0 Å². The van der Waals surface area contributed by atoms with Crippen LogP contribution in [-0.4, -0.2) is 49.5 Å². The van der Waals surface area contributed by atoms with Crippen LogP contribution >= 0.6 is 0 Å². The van der Waals surface area contributed by atoms with Gasteiger partial charge in [-0.15, -0.1) is 0 Å². The van der Waals surface area contributed by atoms with E-state index in [4.69, 9.17) is 19.4 Å². The fourth-order valence-corrected chi connectivity index (χ4v) is 3.09. The van der Waals surface area contributed by atoms with E-state index < -0.39 is 0 Å². The quantitative estimate of drug-likeness (QED) is 0.603. The zero-order chi connectivity index (χ0) is 17.6.